The van der Waals surface area contributed by atoms with Crippen LogP contribution in [0.2, 0.25) is 0 Å². The minimum Gasteiger partial charge on any atom is -0.481 e. The average molecular weight is 293 g/mol. The van der Waals surface area contributed by atoms with Gasteiger partial charge in [-0.05, 0) is 70.6 Å². The summed E-state index contributed by atoms with van der Waals surface area (Å²) in [5.41, 5.74) is 0. The van der Waals surface area contributed by atoms with Crippen LogP contribution in [-0.4, -0.2) is 34.0 Å². The predicted molar refractivity (Wildman–Crippen MR) is 79.7 cm³/mol. The van der Waals surface area contributed by atoms with E-state index in [1.54, 1.807) is 0 Å². The molecule has 0 aromatic rings. The molecule has 1 amide bonds. The summed E-state index contributed by atoms with van der Waals surface area (Å²) in [6, 6.07) is 0.521. The Labute approximate surface area is 126 Å². The molecule has 118 valence electrons. The van der Waals surface area contributed by atoms with Crippen LogP contribution in [0.4, 0.5) is 0 Å². The maximum Gasteiger partial charge on any atom is 0.307 e. The van der Waals surface area contributed by atoms with Crippen molar-refractivity contribution in [2.45, 2.75) is 70.9 Å². The van der Waals surface area contributed by atoms with Gasteiger partial charge < -0.3 is 10.0 Å². The minimum atomic E-state index is -0.750. The van der Waals surface area contributed by atoms with Crippen LogP contribution < -0.4 is 0 Å². The van der Waals surface area contributed by atoms with Gasteiger partial charge in [0.2, 0.25) is 5.91 Å². The molecule has 1 N–H and O–H groups in total. The van der Waals surface area contributed by atoms with Crippen molar-refractivity contribution in [2.24, 2.45) is 23.7 Å². The Hall–Kier alpha value is -1.06. The van der Waals surface area contributed by atoms with E-state index in [1.807, 2.05) is 4.90 Å². The van der Waals surface area contributed by atoms with Crippen molar-refractivity contribution in [1.82, 2.24) is 4.90 Å². The molecule has 3 saturated carbocycles. The lowest BCUT2D eigenvalue weighted by Gasteiger charge is -2.49. The van der Waals surface area contributed by atoms with Crippen molar-refractivity contribution in [1.29, 1.82) is 0 Å². The molecule has 4 fully saturated rings. The number of carboxylic acids is 1. The Balaban J connectivity index is 1.86. The van der Waals surface area contributed by atoms with Crippen LogP contribution >= 0.6 is 0 Å². The fourth-order valence-corrected chi connectivity index (χ4v) is 5.19. The lowest BCUT2D eigenvalue weighted by Crippen LogP contribution is -2.56. The number of rotatable bonds is 2. The van der Waals surface area contributed by atoms with Crippen LogP contribution in [0.25, 0.3) is 0 Å². The second-order valence-corrected chi connectivity index (χ2v) is 7.44. The Bertz CT molecular complexity index is 418. The van der Waals surface area contributed by atoms with Crippen molar-refractivity contribution < 1.29 is 14.7 Å². The van der Waals surface area contributed by atoms with Gasteiger partial charge in [-0.3, -0.25) is 9.59 Å². The first-order valence-electron chi connectivity index (χ1n) is 8.55. The number of piperidine rings is 1. The average Bonchev–Trinajstić information content (AvgIpc) is 2.47. The van der Waals surface area contributed by atoms with E-state index in [2.05, 4.69) is 13.8 Å². The van der Waals surface area contributed by atoms with E-state index < -0.39 is 11.9 Å². The SMILES string of the molecule is C[C@@H]1CCC[C@H](C)N1C(=O)[C@H]1C2CCC(CC2)[C@@H]1C(=O)O. The number of likely N-dealkylation sites (tertiary alicyclic amines) is 1. The van der Waals surface area contributed by atoms with Gasteiger partial charge in [0.25, 0.3) is 0 Å². The number of amides is 1. The largest absolute Gasteiger partial charge is 0.481 e. The van der Waals surface area contributed by atoms with E-state index in [4.69, 9.17) is 0 Å². The van der Waals surface area contributed by atoms with Gasteiger partial charge in [0, 0.05) is 12.1 Å². The van der Waals surface area contributed by atoms with E-state index in [-0.39, 0.29) is 29.8 Å². The standard InChI is InChI=1S/C17H27NO3/c1-10-4-3-5-11(2)18(10)16(19)14-12-6-8-13(9-7-12)15(14)17(20)21/h10-15H,3-9H2,1-2H3,(H,20,21)/t10-,11+,12?,13?,14-,15-/m0/s1. The molecule has 21 heavy (non-hydrogen) atoms. The first-order chi connectivity index (χ1) is 10.0. The van der Waals surface area contributed by atoms with Crippen LogP contribution in [0.5, 0.6) is 0 Å². The van der Waals surface area contributed by atoms with Gasteiger partial charge in [0.05, 0.1) is 11.8 Å². The maximum atomic E-state index is 13.1. The molecule has 4 heteroatoms. The fraction of sp³-hybridized carbons (Fsp3) is 0.882. The lowest BCUT2D eigenvalue weighted by molar-refractivity contribution is -0.165. The van der Waals surface area contributed by atoms with Crippen LogP contribution in [0.1, 0.15) is 58.8 Å². The molecule has 4 rings (SSSR count). The minimum absolute atomic E-state index is 0.136. The number of carbonyl (C=O) groups is 2. The number of carbonyl (C=O) groups excluding carboxylic acids is 1. The van der Waals surface area contributed by atoms with Gasteiger partial charge in [0.1, 0.15) is 0 Å². The molecule has 0 radical (unpaired) electrons. The van der Waals surface area contributed by atoms with Gasteiger partial charge in [0.15, 0.2) is 0 Å². The van der Waals surface area contributed by atoms with Crippen LogP contribution in [0.3, 0.4) is 0 Å². The summed E-state index contributed by atoms with van der Waals surface area (Å²) >= 11 is 0. The number of hydrogen-bond acceptors (Lipinski definition) is 2. The zero-order chi connectivity index (χ0) is 15.1. The molecule has 0 spiro atoms. The van der Waals surface area contributed by atoms with Crippen molar-refractivity contribution in [3.05, 3.63) is 0 Å². The summed E-state index contributed by atoms with van der Waals surface area (Å²) in [5.74, 6) is -0.803. The molecule has 1 saturated heterocycles. The number of hydrogen-bond donors (Lipinski definition) is 1. The second kappa shape index (κ2) is 5.62. The van der Waals surface area contributed by atoms with Gasteiger partial charge in [-0.2, -0.15) is 0 Å². The highest BCUT2D eigenvalue weighted by molar-refractivity contribution is 5.86. The summed E-state index contributed by atoms with van der Waals surface area (Å²) in [4.78, 5) is 26.9. The summed E-state index contributed by atoms with van der Waals surface area (Å²) in [6.45, 7) is 4.23. The van der Waals surface area contributed by atoms with Crippen molar-refractivity contribution in [3.8, 4) is 0 Å². The van der Waals surface area contributed by atoms with Crippen LogP contribution in [0.15, 0.2) is 0 Å². The molecule has 1 heterocycles. The highest BCUT2D eigenvalue weighted by Crippen LogP contribution is 2.50. The summed E-state index contributed by atoms with van der Waals surface area (Å²) in [6.07, 6.45) is 7.35. The van der Waals surface area contributed by atoms with Gasteiger partial charge in [-0.15, -0.1) is 0 Å². The zero-order valence-electron chi connectivity index (χ0n) is 13.1. The quantitative estimate of drug-likeness (QED) is 0.851. The van der Waals surface area contributed by atoms with Crippen LogP contribution in [0, 0.1) is 23.7 Å². The van der Waals surface area contributed by atoms with Gasteiger partial charge in [-0.25, -0.2) is 0 Å². The summed E-state index contributed by atoms with van der Waals surface area (Å²) in [5, 5.41) is 9.64. The lowest BCUT2D eigenvalue weighted by atomic mass is 9.58. The first kappa shape index (κ1) is 14.9. The number of aliphatic carboxylic acids is 1. The van der Waals surface area contributed by atoms with E-state index in [1.165, 1.54) is 6.42 Å². The maximum absolute atomic E-state index is 13.1. The third kappa shape index (κ3) is 2.47. The Morgan fingerprint density at radius 1 is 0.857 bits per heavy atom. The molecule has 0 aromatic heterocycles. The number of carboxylic acid groups (broad SMARTS) is 1. The first-order valence-corrected chi connectivity index (χ1v) is 8.55. The van der Waals surface area contributed by atoms with Gasteiger partial charge in [-0.1, -0.05) is 0 Å². The number of nitrogens with zero attached hydrogens (tertiary/aromatic N) is 1. The third-order valence-electron chi connectivity index (χ3n) is 6.24. The van der Waals surface area contributed by atoms with E-state index >= 15 is 0 Å². The van der Waals surface area contributed by atoms with Crippen molar-refractivity contribution >= 4 is 11.9 Å². The van der Waals surface area contributed by atoms with E-state index in [0.29, 0.717) is 5.92 Å². The zero-order valence-corrected chi connectivity index (χ0v) is 13.1. The molecule has 2 bridgehead atoms. The molecule has 4 nitrogen and oxygen atoms in total. The number of fused-ring (bicyclic) bond motifs is 3. The Morgan fingerprint density at radius 3 is 1.81 bits per heavy atom. The fourth-order valence-electron chi connectivity index (χ4n) is 5.19. The van der Waals surface area contributed by atoms with E-state index in [0.717, 1.165) is 38.5 Å². The molecule has 1 aliphatic heterocycles. The Morgan fingerprint density at radius 2 is 1.33 bits per heavy atom. The monoisotopic (exact) mass is 293 g/mol. The summed E-state index contributed by atoms with van der Waals surface area (Å²) < 4.78 is 0. The smallest absolute Gasteiger partial charge is 0.307 e. The Kier molecular flexibility index (Phi) is 3.98. The molecule has 0 unspecified atom stereocenters. The van der Waals surface area contributed by atoms with Crippen molar-refractivity contribution in [2.75, 3.05) is 0 Å². The highest BCUT2D eigenvalue weighted by Gasteiger charge is 2.52. The molecule has 3 aliphatic carbocycles. The second-order valence-electron chi connectivity index (χ2n) is 7.44. The predicted octanol–water partition coefficient (Wildman–Crippen LogP) is 2.91. The topological polar surface area (TPSA) is 57.6 Å². The normalized spacial score (nSPS) is 42.9. The molecule has 4 aliphatic rings. The van der Waals surface area contributed by atoms with Gasteiger partial charge >= 0.3 is 5.97 Å². The van der Waals surface area contributed by atoms with Crippen LogP contribution in [-0.2, 0) is 9.59 Å². The summed E-state index contributed by atoms with van der Waals surface area (Å²) in [7, 11) is 0. The highest BCUT2D eigenvalue weighted by atomic mass is 16.4. The van der Waals surface area contributed by atoms with Crippen molar-refractivity contribution in [3.63, 3.8) is 0 Å². The van der Waals surface area contributed by atoms with E-state index in [9.17, 15) is 14.7 Å². The third-order valence-corrected chi connectivity index (χ3v) is 6.24. The molecule has 0 aromatic carbocycles. The molecular formula is C17H27NO3. The molecule has 4 atom stereocenters. The molecular weight excluding hydrogens is 266 g/mol.